The second kappa shape index (κ2) is 9.45. The normalized spacial score (nSPS) is 36.4. The first kappa shape index (κ1) is 24.9. The maximum absolute atomic E-state index is 7.00. The van der Waals surface area contributed by atoms with Gasteiger partial charge in [0, 0.05) is 29.1 Å². The van der Waals surface area contributed by atoms with Gasteiger partial charge >= 0.3 is 0 Å². The summed E-state index contributed by atoms with van der Waals surface area (Å²) in [5.41, 5.74) is 16.0. The Hall–Kier alpha value is -3.61. The van der Waals surface area contributed by atoms with E-state index >= 15 is 0 Å². The molecule has 42 heavy (non-hydrogen) atoms. The molecule has 3 saturated carbocycles. The lowest BCUT2D eigenvalue weighted by atomic mass is 9.65. The monoisotopic (exact) mass is 559 g/mol. The van der Waals surface area contributed by atoms with Crippen molar-refractivity contribution < 1.29 is 0 Å². The lowest BCUT2D eigenvalue weighted by molar-refractivity contribution is 0.0413. The third kappa shape index (κ3) is 3.54. The van der Waals surface area contributed by atoms with E-state index < -0.39 is 0 Å². The minimum Gasteiger partial charge on any atom is -0.382 e. The average molecular weight is 560 g/mol. The lowest BCUT2D eigenvalue weighted by Crippen LogP contribution is -2.61. The largest absolute Gasteiger partial charge is 0.382 e. The van der Waals surface area contributed by atoms with Crippen LogP contribution in [-0.2, 0) is 0 Å². The molecule has 216 valence electrons. The van der Waals surface area contributed by atoms with Crippen molar-refractivity contribution >= 4 is 0 Å². The third-order valence-corrected chi connectivity index (χ3v) is 12.1. The van der Waals surface area contributed by atoms with Gasteiger partial charge in [-0.3, -0.25) is 0 Å². The zero-order chi connectivity index (χ0) is 27.9. The SMILES string of the molecule is NC1=C(N)N2C3CCC(c4nc(-c5ccccc5)nc(-c5ccccc5)n4)CC3C3CCC4C5CCCCC5N1C4C32. The first-order chi connectivity index (χ1) is 20.7. The van der Waals surface area contributed by atoms with E-state index in [4.69, 9.17) is 26.4 Å². The Morgan fingerprint density at radius 3 is 1.71 bits per heavy atom. The van der Waals surface area contributed by atoms with E-state index in [1.54, 1.807) is 0 Å². The molecule has 9 unspecified atom stereocenters. The van der Waals surface area contributed by atoms with Gasteiger partial charge in [0.05, 0.1) is 12.1 Å². The molecule has 3 aliphatic carbocycles. The lowest BCUT2D eigenvalue weighted by Gasteiger charge is -2.51. The highest BCUT2D eigenvalue weighted by Gasteiger charge is 2.65. The van der Waals surface area contributed by atoms with Crippen LogP contribution >= 0.6 is 0 Å². The van der Waals surface area contributed by atoms with Crippen molar-refractivity contribution in [3.63, 3.8) is 0 Å². The van der Waals surface area contributed by atoms with Crippen molar-refractivity contribution in [1.82, 2.24) is 24.8 Å². The summed E-state index contributed by atoms with van der Waals surface area (Å²) in [6.45, 7) is 0. The van der Waals surface area contributed by atoms with E-state index in [1.807, 2.05) is 12.1 Å². The third-order valence-electron chi connectivity index (χ3n) is 12.1. The van der Waals surface area contributed by atoms with E-state index in [-0.39, 0.29) is 0 Å². The Bertz CT molecular complexity index is 1470. The number of fused-ring (bicyclic) bond motifs is 6. The summed E-state index contributed by atoms with van der Waals surface area (Å²) in [7, 11) is 0. The van der Waals surface area contributed by atoms with Gasteiger partial charge in [-0.2, -0.15) is 0 Å². The van der Waals surface area contributed by atoms with Crippen LogP contribution in [-0.4, -0.2) is 48.9 Å². The molecule has 9 atom stereocenters. The number of nitrogens with two attached hydrogens (primary N) is 2. The molecular formula is C35H41N7. The van der Waals surface area contributed by atoms with Crippen molar-refractivity contribution in [2.24, 2.45) is 35.1 Å². The van der Waals surface area contributed by atoms with Crippen molar-refractivity contribution in [2.45, 2.75) is 87.9 Å². The molecule has 7 heteroatoms. The summed E-state index contributed by atoms with van der Waals surface area (Å²) in [6, 6.07) is 22.8. The predicted molar refractivity (Wildman–Crippen MR) is 163 cm³/mol. The number of nitrogens with zero attached hydrogens (tertiary/aromatic N) is 5. The second-order valence-electron chi connectivity index (χ2n) is 13.8. The van der Waals surface area contributed by atoms with Crippen LogP contribution in [0.1, 0.15) is 69.5 Å². The molecule has 2 saturated heterocycles. The van der Waals surface area contributed by atoms with Crippen molar-refractivity contribution in [3.8, 4) is 22.8 Å². The molecule has 0 bridgehead atoms. The summed E-state index contributed by atoms with van der Waals surface area (Å²) >= 11 is 0. The number of benzene rings is 2. The van der Waals surface area contributed by atoms with Crippen LogP contribution in [0.2, 0.25) is 0 Å². The Morgan fingerprint density at radius 2 is 1.10 bits per heavy atom. The topological polar surface area (TPSA) is 97.2 Å². The van der Waals surface area contributed by atoms with Crippen molar-refractivity contribution in [1.29, 1.82) is 0 Å². The van der Waals surface area contributed by atoms with Crippen LogP contribution in [0.5, 0.6) is 0 Å². The second-order valence-corrected chi connectivity index (χ2v) is 13.8. The molecule has 0 spiro atoms. The summed E-state index contributed by atoms with van der Waals surface area (Å²) in [5.74, 6) is 7.41. The van der Waals surface area contributed by atoms with Gasteiger partial charge in [0.25, 0.3) is 0 Å². The Kier molecular flexibility index (Phi) is 5.61. The maximum atomic E-state index is 7.00. The molecule has 6 aliphatic rings. The number of hydrogen-bond donors (Lipinski definition) is 2. The number of hydrogen-bond acceptors (Lipinski definition) is 7. The summed E-state index contributed by atoms with van der Waals surface area (Å²) < 4.78 is 0. The van der Waals surface area contributed by atoms with Crippen molar-refractivity contribution in [2.75, 3.05) is 0 Å². The van der Waals surface area contributed by atoms with E-state index in [2.05, 4.69) is 58.3 Å². The fourth-order valence-electron chi connectivity index (χ4n) is 10.5. The fraction of sp³-hybridized carbons (Fsp3) is 0.514. The van der Waals surface area contributed by atoms with Gasteiger partial charge in [-0.05, 0) is 68.6 Å². The molecule has 4 N–H and O–H groups in total. The van der Waals surface area contributed by atoms with Gasteiger partial charge in [-0.15, -0.1) is 0 Å². The zero-order valence-electron chi connectivity index (χ0n) is 24.2. The Morgan fingerprint density at radius 1 is 0.548 bits per heavy atom. The highest BCUT2D eigenvalue weighted by atomic mass is 15.4. The summed E-state index contributed by atoms with van der Waals surface area (Å²) in [5, 5.41) is 0. The zero-order valence-corrected chi connectivity index (χ0v) is 24.2. The molecule has 3 aliphatic heterocycles. The standard InChI is InChI=1S/C35H41N7/c36-31-32(37)42-28-18-15-22(19-26(28)25-17-16-24-23-13-7-8-14-27(23)41(31)29(24)30(25)42)35-39-33(20-9-3-1-4-10-20)38-34(40-35)21-11-5-2-6-12-21/h1-6,9-12,22-30H,7-8,13-19,36-37H2. The van der Waals surface area contributed by atoms with Crippen LogP contribution < -0.4 is 11.5 Å². The fourth-order valence-corrected chi connectivity index (χ4v) is 10.5. The Balaban J connectivity index is 1.08. The van der Waals surface area contributed by atoms with Crippen LogP contribution in [0.3, 0.4) is 0 Å². The highest BCUT2D eigenvalue weighted by molar-refractivity contribution is 5.60. The minimum absolute atomic E-state index is 0.322. The maximum Gasteiger partial charge on any atom is 0.163 e. The smallest absolute Gasteiger partial charge is 0.163 e. The molecular weight excluding hydrogens is 518 g/mol. The number of rotatable bonds is 3. The molecule has 7 nitrogen and oxygen atoms in total. The van der Waals surface area contributed by atoms with Gasteiger partial charge in [0.1, 0.15) is 17.5 Å². The van der Waals surface area contributed by atoms with Crippen LogP contribution in [0, 0.1) is 23.7 Å². The molecule has 0 radical (unpaired) electrons. The van der Waals surface area contributed by atoms with Gasteiger partial charge in [0.15, 0.2) is 11.6 Å². The van der Waals surface area contributed by atoms with Gasteiger partial charge in [-0.25, -0.2) is 15.0 Å². The van der Waals surface area contributed by atoms with Crippen LogP contribution in [0.15, 0.2) is 72.3 Å². The number of aromatic nitrogens is 3. The summed E-state index contributed by atoms with van der Waals surface area (Å²) in [6.07, 6.45) is 11.3. The van der Waals surface area contributed by atoms with Crippen molar-refractivity contribution in [3.05, 3.63) is 78.1 Å². The molecule has 4 heterocycles. The van der Waals surface area contributed by atoms with E-state index in [1.165, 1.54) is 38.5 Å². The summed E-state index contributed by atoms with van der Waals surface area (Å²) in [4.78, 5) is 20.5. The molecule has 0 amide bonds. The predicted octanol–water partition coefficient (Wildman–Crippen LogP) is 5.47. The molecule has 9 rings (SSSR count). The first-order valence-corrected chi connectivity index (χ1v) is 16.4. The molecule has 5 fully saturated rings. The molecule has 2 aromatic carbocycles. The molecule has 3 aromatic rings. The highest BCUT2D eigenvalue weighted by Crippen LogP contribution is 2.61. The average Bonchev–Trinajstić information content (AvgIpc) is 3.57. The van der Waals surface area contributed by atoms with Gasteiger partial charge in [-0.1, -0.05) is 73.5 Å². The van der Waals surface area contributed by atoms with Crippen LogP contribution in [0.4, 0.5) is 0 Å². The van der Waals surface area contributed by atoms with Crippen LogP contribution in [0.25, 0.3) is 22.8 Å². The van der Waals surface area contributed by atoms with Gasteiger partial charge in [0.2, 0.25) is 0 Å². The van der Waals surface area contributed by atoms with E-state index in [0.29, 0.717) is 41.9 Å². The van der Waals surface area contributed by atoms with E-state index in [9.17, 15) is 0 Å². The van der Waals surface area contributed by atoms with Gasteiger partial charge < -0.3 is 21.3 Å². The Labute approximate surface area is 248 Å². The van der Waals surface area contributed by atoms with E-state index in [0.717, 1.165) is 71.3 Å². The molecule has 1 aromatic heterocycles. The quantitative estimate of drug-likeness (QED) is 0.439. The minimum atomic E-state index is 0.322. The first-order valence-electron chi connectivity index (χ1n) is 16.4.